The van der Waals surface area contributed by atoms with E-state index in [9.17, 15) is 4.79 Å². The molecule has 1 N–H and O–H groups in total. The normalized spacial score (nSPS) is 11.4. The molecule has 0 saturated heterocycles. The molecule has 0 unspecified atom stereocenters. The first-order valence-electron chi connectivity index (χ1n) is 7.35. The van der Waals surface area contributed by atoms with Gasteiger partial charge in [0.2, 0.25) is 0 Å². The van der Waals surface area contributed by atoms with Crippen molar-refractivity contribution in [3.63, 3.8) is 0 Å². The third-order valence-corrected chi connectivity index (χ3v) is 2.96. The molecule has 20 heavy (non-hydrogen) atoms. The number of aliphatic hydroxyl groups excluding tert-OH is 1. The van der Waals surface area contributed by atoms with Gasteiger partial charge in [-0.25, -0.2) is 4.79 Å². The molecule has 0 amide bonds. The molecule has 1 rings (SSSR count). The average Bonchev–Trinajstić information content (AvgIpc) is 2.37. The first kappa shape index (κ1) is 16.7. The smallest absolute Gasteiger partial charge is 0.338 e. The van der Waals surface area contributed by atoms with Crippen LogP contribution in [0.15, 0.2) is 24.3 Å². The van der Waals surface area contributed by atoms with Gasteiger partial charge in [0.05, 0.1) is 5.56 Å². The van der Waals surface area contributed by atoms with Crippen LogP contribution in [0.5, 0.6) is 0 Å². The Labute approximate surface area is 122 Å². The molecule has 0 aliphatic heterocycles. The Balaban J connectivity index is 2.42. The van der Waals surface area contributed by atoms with Gasteiger partial charge in [-0.3, -0.25) is 0 Å². The van der Waals surface area contributed by atoms with Crippen LogP contribution in [-0.2, 0) is 11.2 Å². The van der Waals surface area contributed by atoms with E-state index in [0.717, 1.165) is 32.1 Å². The van der Waals surface area contributed by atoms with Crippen molar-refractivity contribution in [2.75, 3.05) is 6.61 Å². The Morgan fingerprint density at radius 2 is 1.65 bits per heavy atom. The molecular formula is C17H26O3. The van der Waals surface area contributed by atoms with Crippen molar-refractivity contribution < 1.29 is 14.6 Å². The van der Waals surface area contributed by atoms with E-state index in [-0.39, 0.29) is 12.6 Å². The maximum Gasteiger partial charge on any atom is 0.338 e. The van der Waals surface area contributed by atoms with Crippen molar-refractivity contribution in [3.8, 4) is 0 Å². The first-order chi connectivity index (χ1) is 9.42. The Bertz CT molecular complexity index is 401. The molecule has 3 heteroatoms. The molecule has 3 nitrogen and oxygen atoms in total. The van der Waals surface area contributed by atoms with Gasteiger partial charge in [-0.15, -0.1) is 0 Å². The molecule has 0 aliphatic rings. The minimum atomic E-state index is -0.456. The summed E-state index contributed by atoms with van der Waals surface area (Å²) >= 11 is 0. The van der Waals surface area contributed by atoms with Gasteiger partial charge in [0.1, 0.15) is 5.60 Å². The number of ether oxygens (including phenoxy) is 1. The number of benzene rings is 1. The lowest BCUT2D eigenvalue weighted by molar-refractivity contribution is 0.00695. The molecule has 0 aliphatic carbocycles. The maximum absolute atomic E-state index is 11.9. The number of unbranched alkanes of at least 4 members (excludes halogenated alkanes) is 3. The third kappa shape index (κ3) is 6.71. The minimum Gasteiger partial charge on any atom is -0.456 e. The van der Waals surface area contributed by atoms with E-state index in [1.165, 1.54) is 5.56 Å². The zero-order valence-corrected chi connectivity index (χ0v) is 12.8. The molecule has 0 aromatic heterocycles. The van der Waals surface area contributed by atoms with Crippen LogP contribution in [0.25, 0.3) is 0 Å². The van der Waals surface area contributed by atoms with Gasteiger partial charge in [-0.2, -0.15) is 0 Å². The third-order valence-electron chi connectivity index (χ3n) is 2.96. The van der Waals surface area contributed by atoms with E-state index in [1.54, 1.807) is 0 Å². The van der Waals surface area contributed by atoms with Crippen molar-refractivity contribution in [1.82, 2.24) is 0 Å². The van der Waals surface area contributed by atoms with E-state index >= 15 is 0 Å². The topological polar surface area (TPSA) is 46.5 Å². The van der Waals surface area contributed by atoms with E-state index in [4.69, 9.17) is 9.84 Å². The Morgan fingerprint density at radius 3 is 2.20 bits per heavy atom. The fourth-order valence-electron chi connectivity index (χ4n) is 1.94. The second kappa shape index (κ2) is 8.05. The van der Waals surface area contributed by atoms with Crippen LogP contribution in [0.4, 0.5) is 0 Å². The highest BCUT2D eigenvalue weighted by Gasteiger charge is 2.17. The van der Waals surface area contributed by atoms with Crippen LogP contribution in [0, 0.1) is 0 Å². The van der Waals surface area contributed by atoms with Crippen molar-refractivity contribution >= 4 is 5.97 Å². The second-order valence-electron chi connectivity index (χ2n) is 6.09. The summed E-state index contributed by atoms with van der Waals surface area (Å²) in [5, 5.41) is 8.70. The Kier molecular flexibility index (Phi) is 6.73. The maximum atomic E-state index is 11.9. The van der Waals surface area contributed by atoms with Crippen LogP contribution in [-0.4, -0.2) is 23.3 Å². The van der Waals surface area contributed by atoms with Gasteiger partial charge in [0, 0.05) is 6.61 Å². The number of rotatable bonds is 7. The van der Waals surface area contributed by atoms with Gasteiger partial charge in [0.15, 0.2) is 0 Å². The average molecular weight is 278 g/mol. The zero-order chi connectivity index (χ0) is 15.0. The molecule has 0 fully saturated rings. The van der Waals surface area contributed by atoms with Crippen molar-refractivity contribution in [1.29, 1.82) is 0 Å². The highest BCUT2D eigenvalue weighted by atomic mass is 16.6. The van der Waals surface area contributed by atoms with Crippen molar-refractivity contribution in [2.24, 2.45) is 0 Å². The van der Waals surface area contributed by atoms with E-state index in [1.807, 2.05) is 45.0 Å². The van der Waals surface area contributed by atoms with Gasteiger partial charge < -0.3 is 9.84 Å². The summed E-state index contributed by atoms with van der Waals surface area (Å²) in [4.78, 5) is 11.9. The molecule has 112 valence electrons. The number of aliphatic hydroxyl groups is 1. The fourth-order valence-corrected chi connectivity index (χ4v) is 1.94. The summed E-state index contributed by atoms with van der Waals surface area (Å²) in [7, 11) is 0. The summed E-state index contributed by atoms with van der Waals surface area (Å²) in [6.45, 7) is 5.88. The molecule has 0 saturated carbocycles. The number of carbonyl (C=O) groups is 1. The van der Waals surface area contributed by atoms with Crippen LogP contribution >= 0.6 is 0 Å². The monoisotopic (exact) mass is 278 g/mol. The quantitative estimate of drug-likeness (QED) is 0.610. The van der Waals surface area contributed by atoms with Gasteiger partial charge in [-0.1, -0.05) is 25.0 Å². The number of hydrogen-bond donors (Lipinski definition) is 1. The summed E-state index contributed by atoms with van der Waals surface area (Å²) in [5.74, 6) is -0.271. The van der Waals surface area contributed by atoms with Gasteiger partial charge in [-0.05, 0) is 57.7 Å². The lowest BCUT2D eigenvalue weighted by Gasteiger charge is -2.19. The number of carbonyl (C=O) groups excluding carboxylic acids is 1. The molecule has 1 aromatic carbocycles. The number of esters is 1. The van der Waals surface area contributed by atoms with E-state index < -0.39 is 5.60 Å². The number of hydrogen-bond acceptors (Lipinski definition) is 3. The molecule has 0 radical (unpaired) electrons. The second-order valence-corrected chi connectivity index (χ2v) is 6.09. The first-order valence-corrected chi connectivity index (χ1v) is 7.35. The van der Waals surface area contributed by atoms with Crippen molar-refractivity contribution in [2.45, 2.75) is 58.5 Å². The molecule has 0 spiro atoms. The van der Waals surface area contributed by atoms with Crippen molar-refractivity contribution in [3.05, 3.63) is 35.4 Å². The van der Waals surface area contributed by atoms with E-state index in [0.29, 0.717) is 5.56 Å². The van der Waals surface area contributed by atoms with Crippen LogP contribution < -0.4 is 0 Å². The molecular weight excluding hydrogens is 252 g/mol. The Morgan fingerprint density at radius 1 is 1.05 bits per heavy atom. The standard InChI is InChI=1S/C17H26O3/c1-17(2,3)20-16(19)15-11-9-14(10-12-15)8-6-4-5-7-13-18/h9-12,18H,4-8,13H2,1-3H3. The Hall–Kier alpha value is -1.35. The highest BCUT2D eigenvalue weighted by Crippen LogP contribution is 2.14. The lowest BCUT2D eigenvalue weighted by atomic mass is 10.0. The summed E-state index contributed by atoms with van der Waals surface area (Å²) in [6, 6.07) is 7.64. The molecule has 0 heterocycles. The predicted molar refractivity (Wildman–Crippen MR) is 80.9 cm³/mol. The SMILES string of the molecule is CC(C)(C)OC(=O)c1ccc(CCCCCCO)cc1. The van der Waals surface area contributed by atoms with Crippen LogP contribution in [0.3, 0.4) is 0 Å². The summed E-state index contributed by atoms with van der Waals surface area (Å²) < 4.78 is 5.33. The van der Waals surface area contributed by atoms with Gasteiger partial charge >= 0.3 is 5.97 Å². The molecule has 1 aromatic rings. The summed E-state index contributed by atoms with van der Waals surface area (Å²) in [6.07, 6.45) is 5.23. The minimum absolute atomic E-state index is 0.271. The van der Waals surface area contributed by atoms with Crippen LogP contribution in [0.1, 0.15) is 62.4 Å². The lowest BCUT2D eigenvalue weighted by Crippen LogP contribution is -2.23. The predicted octanol–water partition coefficient (Wildman–Crippen LogP) is 3.74. The highest BCUT2D eigenvalue weighted by molar-refractivity contribution is 5.89. The molecule has 0 bridgehead atoms. The number of aryl methyl sites for hydroxylation is 1. The van der Waals surface area contributed by atoms with E-state index in [2.05, 4.69) is 0 Å². The zero-order valence-electron chi connectivity index (χ0n) is 12.8. The fraction of sp³-hybridized carbons (Fsp3) is 0.588. The largest absolute Gasteiger partial charge is 0.456 e. The summed E-state index contributed by atoms with van der Waals surface area (Å²) in [5.41, 5.74) is 1.38. The molecule has 0 atom stereocenters. The van der Waals surface area contributed by atoms with Crippen LogP contribution in [0.2, 0.25) is 0 Å². The van der Waals surface area contributed by atoms with Gasteiger partial charge in [0.25, 0.3) is 0 Å².